The summed E-state index contributed by atoms with van der Waals surface area (Å²) in [6.07, 6.45) is 3.26. The molecule has 1 aliphatic rings. The quantitative estimate of drug-likeness (QED) is 0.641. The molecule has 0 radical (unpaired) electrons. The van der Waals surface area contributed by atoms with Crippen molar-refractivity contribution in [1.29, 1.82) is 0 Å². The average Bonchev–Trinajstić information content (AvgIpc) is 2.62. The van der Waals surface area contributed by atoms with Gasteiger partial charge in [0.25, 0.3) is 0 Å². The molecule has 1 N–H and O–H groups in total. The van der Waals surface area contributed by atoms with E-state index in [0.717, 1.165) is 44.7 Å². The van der Waals surface area contributed by atoms with Crippen molar-refractivity contribution in [1.82, 2.24) is 10.2 Å². The number of benzene rings is 1. The van der Waals surface area contributed by atoms with E-state index in [4.69, 9.17) is 0 Å². The fourth-order valence-corrected chi connectivity index (χ4v) is 4.00. The molecular weight excluding hydrogens is 364 g/mol. The third-order valence-electron chi connectivity index (χ3n) is 4.80. The third-order valence-corrected chi connectivity index (χ3v) is 5.99. The number of sulfonamides is 1. The van der Waals surface area contributed by atoms with Crippen molar-refractivity contribution in [3.63, 3.8) is 0 Å². The minimum atomic E-state index is -3.45. The Balaban J connectivity index is 2.01. The van der Waals surface area contributed by atoms with Crippen LogP contribution in [0.3, 0.4) is 0 Å². The van der Waals surface area contributed by atoms with Crippen LogP contribution in [0.2, 0.25) is 0 Å². The SMILES string of the molecule is CCCCNC(=O)CCN(c1ccc(N2CCN(C)CC2)cc1)S(C)(=O)=O. The molecular formula is C19H32N4O3S. The molecule has 0 aliphatic carbocycles. The Morgan fingerprint density at radius 1 is 1.15 bits per heavy atom. The lowest BCUT2D eigenvalue weighted by atomic mass is 10.2. The zero-order valence-corrected chi connectivity index (χ0v) is 17.5. The highest BCUT2D eigenvalue weighted by molar-refractivity contribution is 7.92. The van der Waals surface area contributed by atoms with Crippen LogP contribution in [0.4, 0.5) is 11.4 Å². The number of carbonyl (C=O) groups is 1. The molecule has 27 heavy (non-hydrogen) atoms. The third kappa shape index (κ3) is 6.70. The molecule has 152 valence electrons. The van der Waals surface area contributed by atoms with E-state index in [1.165, 1.54) is 10.6 Å². The molecule has 1 aliphatic heterocycles. The average molecular weight is 397 g/mol. The predicted octanol–water partition coefficient (Wildman–Crippen LogP) is 1.51. The van der Waals surface area contributed by atoms with Crippen molar-refractivity contribution in [2.75, 3.05) is 61.8 Å². The number of hydrogen-bond acceptors (Lipinski definition) is 5. The number of amides is 1. The number of nitrogens with zero attached hydrogens (tertiary/aromatic N) is 3. The van der Waals surface area contributed by atoms with Gasteiger partial charge in [-0.2, -0.15) is 0 Å². The number of rotatable bonds is 9. The number of nitrogens with one attached hydrogen (secondary N) is 1. The Labute approximate surface area is 163 Å². The van der Waals surface area contributed by atoms with Crippen LogP contribution in [0, 0.1) is 0 Å². The van der Waals surface area contributed by atoms with Gasteiger partial charge < -0.3 is 15.1 Å². The van der Waals surface area contributed by atoms with Gasteiger partial charge in [0.1, 0.15) is 0 Å². The van der Waals surface area contributed by atoms with Crippen LogP contribution in [0.1, 0.15) is 26.2 Å². The zero-order chi connectivity index (χ0) is 19.9. The Bertz CT molecular complexity index is 698. The number of piperazine rings is 1. The highest BCUT2D eigenvalue weighted by Gasteiger charge is 2.20. The first-order chi connectivity index (χ1) is 12.8. The fraction of sp³-hybridized carbons (Fsp3) is 0.632. The van der Waals surface area contributed by atoms with Gasteiger partial charge >= 0.3 is 0 Å². The fourth-order valence-electron chi connectivity index (χ4n) is 3.08. The minimum Gasteiger partial charge on any atom is -0.369 e. The van der Waals surface area contributed by atoms with Gasteiger partial charge in [0.05, 0.1) is 11.9 Å². The van der Waals surface area contributed by atoms with Crippen LogP contribution in [0.5, 0.6) is 0 Å². The number of carbonyl (C=O) groups excluding carboxylic acids is 1. The largest absolute Gasteiger partial charge is 0.369 e. The molecule has 1 fully saturated rings. The lowest BCUT2D eigenvalue weighted by molar-refractivity contribution is -0.120. The van der Waals surface area contributed by atoms with E-state index in [0.29, 0.717) is 12.2 Å². The van der Waals surface area contributed by atoms with Gasteiger partial charge in [0.2, 0.25) is 15.9 Å². The Kier molecular flexibility index (Phi) is 7.91. The van der Waals surface area contributed by atoms with Gasteiger partial charge in [-0.1, -0.05) is 13.3 Å². The van der Waals surface area contributed by atoms with Gasteiger partial charge in [-0.05, 0) is 37.7 Å². The maximum Gasteiger partial charge on any atom is 0.232 e. The van der Waals surface area contributed by atoms with Gasteiger partial charge in [-0.15, -0.1) is 0 Å². The molecule has 1 amide bonds. The molecule has 7 nitrogen and oxygen atoms in total. The summed E-state index contributed by atoms with van der Waals surface area (Å²) in [5.74, 6) is -0.119. The number of hydrogen-bond donors (Lipinski definition) is 1. The lowest BCUT2D eigenvalue weighted by Crippen LogP contribution is -2.44. The Morgan fingerprint density at radius 3 is 2.33 bits per heavy atom. The van der Waals surface area contributed by atoms with E-state index in [2.05, 4.69) is 29.1 Å². The highest BCUT2D eigenvalue weighted by Crippen LogP contribution is 2.23. The summed E-state index contributed by atoms with van der Waals surface area (Å²) in [7, 11) is -1.34. The zero-order valence-electron chi connectivity index (χ0n) is 16.6. The van der Waals surface area contributed by atoms with Crippen molar-refractivity contribution in [3.05, 3.63) is 24.3 Å². The summed E-state index contributed by atoms with van der Waals surface area (Å²) in [4.78, 5) is 16.5. The molecule has 0 saturated carbocycles. The topological polar surface area (TPSA) is 73.0 Å². The van der Waals surface area contributed by atoms with Crippen molar-refractivity contribution >= 4 is 27.3 Å². The number of anilines is 2. The van der Waals surface area contributed by atoms with E-state index in [1.54, 1.807) is 0 Å². The second-order valence-electron chi connectivity index (χ2n) is 7.10. The summed E-state index contributed by atoms with van der Waals surface area (Å²) in [5, 5.41) is 2.83. The van der Waals surface area contributed by atoms with Crippen molar-refractivity contribution in [2.45, 2.75) is 26.2 Å². The summed E-state index contributed by atoms with van der Waals surface area (Å²) < 4.78 is 25.7. The van der Waals surface area contributed by atoms with E-state index in [9.17, 15) is 13.2 Å². The van der Waals surface area contributed by atoms with E-state index in [-0.39, 0.29) is 18.9 Å². The van der Waals surface area contributed by atoms with Crippen LogP contribution in [-0.4, -0.2) is 71.8 Å². The van der Waals surface area contributed by atoms with Crippen LogP contribution in [0.15, 0.2) is 24.3 Å². The molecule has 1 aromatic carbocycles. The van der Waals surface area contributed by atoms with E-state index >= 15 is 0 Å². The van der Waals surface area contributed by atoms with E-state index in [1.807, 2.05) is 24.3 Å². The summed E-state index contributed by atoms with van der Waals surface area (Å²) in [5.41, 5.74) is 1.69. The first-order valence-electron chi connectivity index (χ1n) is 9.59. The Hall–Kier alpha value is -1.80. The van der Waals surface area contributed by atoms with Gasteiger partial charge in [0, 0.05) is 51.4 Å². The first kappa shape index (κ1) is 21.5. The molecule has 0 unspecified atom stereocenters. The molecule has 1 aromatic rings. The summed E-state index contributed by atoms with van der Waals surface area (Å²) in [6.45, 7) is 6.80. The smallest absolute Gasteiger partial charge is 0.232 e. The van der Waals surface area contributed by atoms with Crippen LogP contribution in [-0.2, 0) is 14.8 Å². The van der Waals surface area contributed by atoms with Crippen molar-refractivity contribution in [3.8, 4) is 0 Å². The van der Waals surface area contributed by atoms with Crippen molar-refractivity contribution < 1.29 is 13.2 Å². The van der Waals surface area contributed by atoms with Crippen LogP contribution >= 0.6 is 0 Å². The number of likely N-dealkylation sites (N-methyl/N-ethyl adjacent to an activating group) is 1. The predicted molar refractivity (Wildman–Crippen MR) is 111 cm³/mol. The standard InChI is InChI=1S/C19H32N4O3S/c1-4-5-11-20-19(24)10-12-23(27(3,25)26)18-8-6-17(7-9-18)22-15-13-21(2)14-16-22/h6-9H,4-5,10-16H2,1-3H3,(H,20,24). The van der Waals surface area contributed by atoms with Gasteiger partial charge in [-0.25, -0.2) is 8.42 Å². The first-order valence-corrected chi connectivity index (χ1v) is 11.4. The monoisotopic (exact) mass is 396 g/mol. The molecule has 0 aromatic heterocycles. The second kappa shape index (κ2) is 9.94. The normalized spacial score (nSPS) is 15.6. The molecule has 0 spiro atoms. The maximum absolute atomic E-state index is 12.2. The molecule has 0 bridgehead atoms. The molecule has 8 heteroatoms. The van der Waals surface area contributed by atoms with Crippen molar-refractivity contribution in [2.24, 2.45) is 0 Å². The van der Waals surface area contributed by atoms with E-state index < -0.39 is 10.0 Å². The molecule has 1 heterocycles. The summed E-state index contributed by atoms with van der Waals surface area (Å²) >= 11 is 0. The maximum atomic E-state index is 12.2. The van der Waals surface area contributed by atoms with Gasteiger partial charge in [-0.3, -0.25) is 9.10 Å². The number of unbranched alkanes of at least 4 members (excludes halogenated alkanes) is 1. The lowest BCUT2D eigenvalue weighted by Gasteiger charge is -2.34. The second-order valence-corrected chi connectivity index (χ2v) is 9.00. The molecule has 1 saturated heterocycles. The highest BCUT2D eigenvalue weighted by atomic mass is 32.2. The Morgan fingerprint density at radius 2 is 1.78 bits per heavy atom. The van der Waals surface area contributed by atoms with Gasteiger partial charge in [0.15, 0.2) is 0 Å². The van der Waals surface area contributed by atoms with Crippen LogP contribution < -0.4 is 14.5 Å². The summed E-state index contributed by atoms with van der Waals surface area (Å²) in [6, 6.07) is 7.56. The minimum absolute atomic E-state index is 0.119. The molecule has 2 rings (SSSR count). The van der Waals surface area contributed by atoms with Crippen LogP contribution in [0.25, 0.3) is 0 Å². The molecule has 0 atom stereocenters.